The third kappa shape index (κ3) is 3.76. The zero-order valence-corrected chi connectivity index (χ0v) is 16.0. The van der Waals surface area contributed by atoms with Gasteiger partial charge in [-0.15, -0.1) is 0 Å². The molecular weight excluding hydrogens is 332 g/mol. The molecule has 6 heteroatoms. The average Bonchev–Trinajstić information content (AvgIpc) is 2.98. The average molecular weight is 360 g/mol. The van der Waals surface area contributed by atoms with Crippen LogP contribution in [0.15, 0.2) is 18.2 Å². The summed E-state index contributed by atoms with van der Waals surface area (Å²) in [7, 11) is 1.77. The molecule has 0 saturated carbocycles. The second-order valence-electron chi connectivity index (χ2n) is 7.38. The van der Waals surface area contributed by atoms with Gasteiger partial charge in [0.1, 0.15) is 6.10 Å². The van der Waals surface area contributed by atoms with Crippen LogP contribution in [0.2, 0.25) is 0 Å². The van der Waals surface area contributed by atoms with E-state index in [-0.39, 0.29) is 23.8 Å². The fraction of sp³-hybridized carbons (Fsp3) is 0.600. The number of carbonyl (C=O) groups excluding carboxylic acids is 2. The van der Waals surface area contributed by atoms with Crippen molar-refractivity contribution in [1.29, 1.82) is 0 Å². The first-order chi connectivity index (χ1) is 12.4. The van der Waals surface area contributed by atoms with E-state index in [1.54, 1.807) is 18.0 Å². The van der Waals surface area contributed by atoms with Gasteiger partial charge in [-0.05, 0) is 49.9 Å². The zero-order valence-electron chi connectivity index (χ0n) is 16.0. The number of likely N-dealkylation sites (N-methyl/N-ethyl adjacent to an activating group) is 1. The third-order valence-corrected chi connectivity index (χ3v) is 5.28. The van der Waals surface area contributed by atoms with Crippen molar-refractivity contribution < 1.29 is 19.1 Å². The molecule has 2 amide bonds. The highest BCUT2D eigenvalue weighted by Crippen LogP contribution is 2.29. The Kier molecular flexibility index (Phi) is 5.63. The van der Waals surface area contributed by atoms with Crippen LogP contribution in [0.5, 0.6) is 0 Å². The summed E-state index contributed by atoms with van der Waals surface area (Å²) in [4.78, 5) is 28.9. The van der Waals surface area contributed by atoms with E-state index in [9.17, 15) is 9.59 Å². The van der Waals surface area contributed by atoms with Crippen molar-refractivity contribution in [1.82, 2.24) is 4.90 Å². The molecule has 6 nitrogen and oxygen atoms in total. The minimum atomic E-state index is -0.399. The minimum absolute atomic E-state index is 0.0125. The van der Waals surface area contributed by atoms with Crippen LogP contribution in [0.3, 0.4) is 0 Å². The van der Waals surface area contributed by atoms with Gasteiger partial charge in [0.15, 0.2) is 0 Å². The SMILES string of the molecule is Cc1cc(C(=O)N2CCOCC2)ccc1N(C)C(=O)C1OC(C)CC1C. The van der Waals surface area contributed by atoms with Crippen LogP contribution in [0.4, 0.5) is 5.69 Å². The normalized spacial score (nSPS) is 26.0. The number of hydrogen-bond donors (Lipinski definition) is 0. The van der Waals surface area contributed by atoms with Gasteiger partial charge in [0.2, 0.25) is 0 Å². The van der Waals surface area contributed by atoms with E-state index in [4.69, 9.17) is 9.47 Å². The highest BCUT2D eigenvalue weighted by molar-refractivity contribution is 5.99. The molecule has 142 valence electrons. The lowest BCUT2D eigenvalue weighted by Gasteiger charge is -2.28. The van der Waals surface area contributed by atoms with Gasteiger partial charge in [0.25, 0.3) is 11.8 Å². The van der Waals surface area contributed by atoms with E-state index < -0.39 is 6.10 Å². The summed E-state index contributed by atoms with van der Waals surface area (Å²) >= 11 is 0. The van der Waals surface area contributed by atoms with Crippen LogP contribution >= 0.6 is 0 Å². The fourth-order valence-corrected chi connectivity index (χ4v) is 3.81. The van der Waals surface area contributed by atoms with E-state index in [1.165, 1.54) is 0 Å². The number of hydrogen-bond acceptors (Lipinski definition) is 4. The second kappa shape index (κ2) is 7.76. The molecule has 0 aromatic heterocycles. The van der Waals surface area contributed by atoms with Gasteiger partial charge >= 0.3 is 0 Å². The van der Waals surface area contributed by atoms with E-state index in [1.807, 2.05) is 30.9 Å². The molecule has 0 radical (unpaired) electrons. The predicted octanol–water partition coefficient (Wildman–Crippen LogP) is 2.24. The van der Waals surface area contributed by atoms with Crippen molar-refractivity contribution in [3.8, 4) is 0 Å². The molecule has 2 aliphatic rings. The fourth-order valence-electron chi connectivity index (χ4n) is 3.81. The molecule has 3 rings (SSSR count). The van der Waals surface area contributed by atoms with Crippen LogP contribution in [0.25, 0.3) is 0 Å². The molecule has 3 atom stereocenters. The summed E-state index contributed by atoms with van der Waals surface area (Å²) in [6, 6.07) is 5.51. The molecular formula is C20H28N2O4. The van der Waals surface area contributed by atoms with Gasteiger partial charge in [0.05, 0.1) is 19.3 Å². The maximum Gasteiger partial charge on any atom is 0.256 e. The number of ether oxygens (including phenoxy) is 2. The van der Waals surface area contributed by atoms with E-state index in [2.05, 4.69) is 6.92 Å². The highest BCUT2D eigenvalue weighted by Gasteiger charge is 2.37. The molecule has 0 bridgehead atoms. The molecule has 0 N–H and O–H groups in total. The monoisotopic (exact) mass is 360 g/mol. The van der Waals surface area contributed by atoms with Crippen LogP contribution in [-0.2, 0) is 14.3 Å². The topological polar surface area (TPSA) is 59.1 Å². The highest BCUT2D eigenvalue weighted by atomic mass is 16.5. The maximum atomic E-state index is 12.8. The van der Waals surface area contributed by atoms with E-state index >= 15 is 0 Å². The number of nitrogens with zero attached hydrogens (tertiary/aromatic N) is 2. The van der Waals surface area contributed by atoms with Gasteiger partial charge in [0, 0.05) is 31.4 Å². The Balaban J connectivity index is 1.74. The lowest BCUT2D eigenvalue weighted by Crippen LogP contribution is -2.41. The Labute approximate surface area is 155 Å². The van der Waals surface area contributed by atoms with Crippen LogP contribution in [0.1, 0.15) is 36.2 Å². The number of rotatable bonds is 3. The lowest BCUT2D eigenvalue weighted by atomic mass is 10.0. The molecule has 2 aliphatic heterocycles. The lowest BCUT2D eigenvalue weighted by molar-refractivity contribution is -0.130. The van der Waals surface area contributed by atoms with Crippen molar-refractivity contribution in [2.45, 2.75) is 39.4 Å². The summed E-state index contributed by atoms with van der Waals surface area (Å²) in [6.07, 6.45) is 0.613. The van der Waals surface area contributed by atoms with Crippen LogP contribution < -0.4 is 4.90 Å². The van der Waals surface area contributed by atoms with Crippen molar-refractivity contribution in [3.63, 3.8) is 0 Å². The summed E-state index contributed by atoms with van der Waals surface area (Å²) in [5.74, 6) is 0.193. The van der Waals surface area contributed by atoms with Gasteiger partial charge in [-0.3, -0.25) is 9.59 Å². The first kappa shape index (κ1) is 18.9. The Morgan fingerprint density at radius 3 is 2.46 bits per heavy atom. The molecule has 2 saturated heterocycles. The Morgan fingerprint density at radius 2 is 1.88 bits per heavy atom. The van der Waals surface area contributed by atoms with Crippen molar-refractivity contribution in [2.24, 2.45) is 5.92 Å². The van der Waals surface area contributed by atoms with Crippen molar-refractivity contribution in [3.05, 3.63) is 29.3 Å². The molecule has 3 unspecified atom stereocenters. The number of aryl methyl sites for hydroxylation is 1. The Hall–Kier alpha value is -1.92. The summed E-state index contributed by atoms with van der Waals surface area (Å²) in [5.41, 5.74) is 2.36. The van der Waals surface area contributed by atoms with Gasteiger partial charge in [-0.1, -0.05) is 6.92 Å². The van der Waals surface area contributed by atoms with E-state index in [0.29, 0.717) is 31.9 Å². The van der Waals surface area contributed by atoms with Gasteiger partial charge in [-0.25, -0.2) is 0 Å². The Morgan fingerprint density at radius 1 is 1.19 bits per heavy atom. The minimum Gasteiger partial charge on any atom is -0.378 e. The maximum absolute atomic E-state index is 12.8. The van der Waals surface area contributed by atoms with Gasteiger partial charge < -0.3 is 19.3 Å². The predicted molar refractivity (Wildman–Crippen MR) is 99.4 cm³/mol. The quantitative estimate of drug-likeness (QED) is 0.830. The number of anilines is 1. The molecule has 1 aromatic carbocycles. The summed E-state index contributed by atoms with van der Waals surface area (Å²) in [6.45, 7) is 8.38. The largest absolute Gasteiger partial charge is 0.378 e. The second-order valence-corrected chi connectivity index (χ2v) is 7.38. The van der Waals surface area contributed by atoms with Crippen molar-refractivity contribution in [2.75, 3.05) is 38.3 Å². The molecule has 0 aliphatic carbocycles. The standard InChI is InChI=1S/C20H28N2O4/c1-13-12-16(19(23)22-7-9-25-10-8-22)5-6-17(13)21(4)20(24)18-14(2)11-15(3)26-18/h5-6,12,14-15,18H,7-11H2,1-4H3. The molecule has 0 spiro atoms. The first-order valence-corrected chi connectivity index (χ1v) is 9.29. The molecule has 2 fully saturated rings. The van der Waals surface area contributed by atoms with Crippen LogP contribution in [-0.4, -0.2) is 62.3 Å². The number of morpholine rings is 1. The third-order valence-electron chi connectivity index (χ3n) is 5.28. The first-order valence-electron chi connectivity index (χ1n) is 9.29. The molecule has 26 heavy (non-hydrogen) atoms. The number of carbonyl (C=O) groups is 2. The molecule has 2 heterocycles. The summed E-state index contributed by atoms with van der Waals surface area (Å²) < 4.78 is 11.1. The van der Waals surface area contributed by atoms with E-state index in [0.717, 1.165) is 17.7 Å². The van der Waals surface area contributed by atoms with Crippen LogP contribution in [0, 0.1) is 12.8 Å². The van der Waals surface area contributed by atoms with Crippen molar-refractivity contribution >= 4 is 17.5 Å². The number of benzene rings is 1. The van der Waals surface area contributed by atoms with Gasteiger partial charge in [-0.2, -0.15) is 0 Å². The molecule has 1 aromatic rings. The smallest absolute Gasteiger partial charge is 0.256 e. The Bertz CT molecular complexity index is 684. The summed E-state index contributed by atoms with van der Waals surface area (Å²) in [5, 5.41) is 0. The number of amides is 2. The zero-order chi connectivity index (χ0) is 18.8.